The molecule has 0 aliphatic carbocycles. The van der Waals surface area contributed by atoms with Crippen LogP contribution in [0, 0.1) is 11.6 Å². The number of amides is 1. The Morgan fingerprint density at radius 2 is 1.92 bits per heavy atom. The second-order valence-electron chi connectivity index (χ2n) is 5.34. The molecule has 0 spiro atoms. The molecule has 24 heavy (non-hydrogen) atoms. The largest absolute Gasteiger partial charge is 0.338 e. The van der Waals surface area contributed by atoms with Crippen molar-refractivity contribution >= 4 is 5.91 Å². The Hall–Kier alpha value is -3.02. The van der Waals surface area contributed by atoms with Crippen molar-refractivity contribution in [3.63, 3.8) is 0 Å². The van der Waals surface area contributed by atoms with Crippen molar-refractivity contribution in [1.29, 1.82) is 0 Å². The SMILES string of the molecule is Cn1ccnc1[C@@H](NC(=O)c1ccc(F)cc1F)c1ccccc1. The molecule has 3 rings (SSSR count). The normalized spacial score (nSPS) is 12.0. The number of nitrogens with one attached hydrogen (secondary N) is 1. The predicted octanol–water partition coefficient (Wildman–Crippen LogP) is 3.22. The zero-order valence-electron chi connectivity index (χ0n) is 12.9. The van der Waals surface area contributed by atoms with Crippen LogP contribution in [0.4, 0.5) is 8.78 Å². The maximum atomic E-state index is 13.9. The number of halogens is 2. The molecule has 0 aliphatic rings. The summed E-state index contributed by atoms with van der Waals surface area (Å²) in [6, 6.07) is 11.6. The lowest BCUT2D eigenvalue weighted by atomic mass is 10.1. The van der Waals surface area contributed by atoms with Crippen LogP contribution >= 0.6 is 0 Å². The Bertz CT molecular complexity index is 862. The van der Waals surface area contributed by atoms with Gasteiger partial charge in [-0.15, -0.1) is 0 Å². The molecule has 0 radical (unpaired) electrons. The van der Waals surface area contributed by atoms with Gasteiger partial charge in [-0.3, -0.25) is 4.79 Å². The third kappa shape index (κ3) is 3.17. The van der Waals surface area contributed by atoms with Gasteiger partial charge in [-0.25, -0.2) is 13.8 Å². The predicted molar refractivity (Wildman–Crippen MR) is 85.3 cm³/mol. The summed E-state index contributed by atoms with van der Waals surface area (Å²) in [5, 5.41) is 2.77. The molecular formula is C18H15F2N3O. The average Bonchev–Trinajstić information content (AvgIpc) is 2.99. The third-order valence-electron chi connectivity index (χ3n) is 3.70. The molecule has 0 saturated heterocycles. The second kappa shape index (κ2) is 6.62. The lowest BCUT2D eigenvalue weighted by Crippen LogP contribution is -2.31. The molecular weight excluding hydrogens is 312 g/mol. The molecule has 6 heteroatoms. The molecule has 0 fully saturated rings. The molecule has 1 heterocycles. The molecule has 1 amide bonds. The molecule has 3 aromatic rings. The second-order valence-corrected chi connectivity index (χ2v) is 5.34. The minimum atomic E-state index is -0.904. The fourth-order valence-electron chi connectivity index (χ4n) is 2.48. The van der Waals surface area contributed by atoms with E-state index in [4.69, 9.17) is 0 Å². The van der Waals surface area contributed by atoms with Crippen LogP contribution in [0.3, 0.4) is 0 Å². The van der Waals surface area contributed by atoms with Gasteiger partial charge in [0.05, 0.1) is 5.56 Å². The topological polar surface area (TPSA) is 46.9 Å². The molecule has 0 bridgehead atoms. The third-order valence-corrected chi connectivity index (χ3v) is 3.70. The summed E-state index contributed by atoms with van der Waals surface area (Å²) in [5.74, 6) is -1.66. The van der Waals surface area contributed by atoms with Crippen molar-refractivity contribution < 1.29 is 13.6 Å². The van der Waals surface area contributed by atoms with Gasteiger partial charge in [0.25, 0.3) is 5.91 Å². The van der Waals surface area contributed by atoms with Gasteiger partial charge in [0, 0.05) is 25.5 Å². The van der Waals surface area contributed by atoms with E-state index in [1.807, 2.05) is 37.4 Å². The van der Waals surface area contributed by atoms with Gasteiger partial charge >= 0.3 is 0 Å². The van der Waals surface area contributed by atoms with Crippen LogP contribution in [-0.4, -0.2) is 15.5 Å². The number of nitrogens with zero attached hydrogens (tertiary/aromatic N) is 2. The lowest BCUT2D eigenvalue weighted by molar-refractivity contribution is 0.0937. The van der Waals surface area contributed by atoms with Gasteiger partial charge in [0.1, 0.15) is 23.5 Å². The molecule has 0 unspecified atom stereocenters. The zero-order valence-corrected chi connectivity index (χ0v) is 12.9. The number of aryl methyl sites for hydroxylation is 1. The van der Waals surface area contributed by atoms with Crippen LogP contribution in [0.1, 0.15) is 27.8 Å². The highest BCUT2D eigenvalue weighted by atomic mass is 19.1. The van der Waals surface area contributed by atoms with Crippen molar-refractivity contribution in [2.24, 2.45) is 7.05 Å². The number of aromatic nitrogens is 2. The summed E-state index contributed by atoms with van der Waals surface area (Å²) in [7, 11) is 1.81. The number of rotatable bonds is 4. The Balaban J connectivity index is 1.95. The number of carbonyl (C=O) groups is 1. The maximum Gasteiger partial charge on any atom is 0.255 e. The van der Waals surface area contributed by atoms with Crippen LogP contribution < -0.4 is 5.32 Å². The van der Waals surface area contributed by atoms with Crippen molar-refractivity contribution in [1.82, 2.24) is 14.9 Å². The molecule has 1 N–H and O–H groups in total. The monoisotopic (exact) mass is 327 g/mol. The first-order valence-corrected chi connectivity index (χ1v) is 7.34. The Morgan fingerprint density at radius 3 is 2.54 bits per heavy atom. The van der Waals surface area contributed by atoms with E-state index in [0.29, 0.717) is 11.9 Å². The minimum Gasteiger partial charge on any atom is -0.338 e. The van der Waals surface area contributed by atoms with E-state index < -0.39 is 23.6 Å². The molecule has 0 aliphatic heterocycles. The standard InChI is InChI=1S/C18H15F2N3O/c1-23-10-9-21-17(23)16(12-5-3-2-4-6-12)22-18(24)14-8-7-13(19)11-15(14)20/h2-11,16H,1H3,(H,22,24)/t16-/m0/s1. The maximum absolute atomic E-state index is 13.9. The quantitative estimate of drug-likeness (QED) is 0.800. The average molecular weight is 327 g/mol. The van der Waals surface area contributed by atoms with E-state index in [1.165, 1.54) is 0 Å². The Morgan fingerprint density at radius 1 is 1.17 bits per heavy atom. The fourth-order valence-corrected chi connectivity index (χ4v) is 2.48. The van der Waals surface area contributed by atoms with Crippen LogP contribution in [0.25, 0.3) is 0 Å². The first kappa shape index (κ1) is 15.9. The highest BCUT2D eigenvalue weighted by Gasteiger charge is 2.22. The first-order chi connectivity index (χ1) is 11.6. The van der Waals surface area contributed by atoms with Crippen LogP contribution in [0.5, 0.6) is 0 Å². The van der Waals surface area contributed by atoms with Gasteiger partial charge in [-0.2, -0.15) is 0 Å². The van der Waals surface area contributed by atoms with Crippen molar-refractivity contribution in [3.8, 4) is 0 Å². The fraction of sp³-hybridized carbons (Fsp3) is 0.111. The Labute approximate surface area is 137 Å². The van der Waals surface area contributed by atoms with E-state index in [-0.39, 0.29) is 5.56 Å². The van der Waals surface area contributed by atoms with Gasteiger partial charge in [-0.1, -0.05) is 30.3 Å². The van der Waals surface area contributed by atoms with Crippen LogP contribution in [-0.2, 0) is 7.05 Å². The number of hydrogen-bond donors (Lipinski definition) is 1. The summed E-state index contributed by atoms with van der Waals surface area (Å²) >= 11 is 0. The molecule has 0 saturated carbocycles. The summed E-state index contributed by atoms with van der Waals surface area (Å²) in [6.07, 6.45) is 3.38. The lowest BCUT2D eigenvalue weighted by Gasteiger charge is -2.19. The Kier molecular flexibility index (Phi) is 4.37. The number of benzene rings is 2. The highest BCUT2D eigenvalue weighted by molar-refractivity contribution is 5.94. The van der Waals surface area contributed by atoms with E-state index >= 15 is 0 Å². The van der Waals surface area contributed by atoms with Gasteiger partial charge in [-0.05, 0) is 17.7 Å². The number of imidazole rings is 1. The smallest absolute Gasteiger partial charge is 0.255 e. The summed E-state index contributed by atoms with van der Waals surface area (Å²) in [4.78, 5) is 16.7. The van der Waals surface area contributed by atoms with Crippen molar-refractivity contribution in [2.75, 3.05) is 0 Å². The van der Waals surface area contributed by atoms with E-state index in [1.54, 1.807) is 17.0 Å². The molecule has 4 nitrogen and oxygen atoms in total. The summed E-state index contributed by atoms with van der Waals surface area (Å²) in [6.45, 7) is 0. The van der Waals surface area contributed by atoms with E-state index in [2.05, 4.69) is 10.3 Å². The molecule has 1 atom stereocenters. The number of carbonyl (C=O) groups excluding carboxylic acids is 1. The van der Waals surface area contributed by atoms with E-state index in [9.17, 15) is 13.6 Å². The molecule has 122 valence electrons. The highest BCUT2D eigenvalue weighted by Crippen LogP contribution is 2.21. The van der Waals surface area contributed by atoms with Crippen LogP contribution in [0.15, 0.2) is 60.9 Å². The van der Waals surface area contributed by atoms with Gasteiger partial charge < -0.3 is 9.88 Å². The van der Waals surface area contributed by atoms with Gasteiger partial charge in [0.2, 0.25) is 0 Å². The van der Waals surface area contributed by atoms with Crippen molar-refractivity contribution in [2.45, 2.75) is 6.04 Å². The van der Waals surface area contributed by atoms with Crippen molar-refractivity contribution in [3.05, 3.63) is 89.5 Å². The van der Waals surface area contributed by atoms with Gasteiger partial charge in [0.15, 0.2) is 0 Å². The number of hydrogen-bond acceptors (Lipinski definition) is 2. The summed E-state index contributed by atoms with van der Waals surface area (Å²) in [5.41, 5.74) is 0.592. The van der Waals surface area contributed by atoms with Crippen LogP contribution in [0.2, 0.25) is 0 Å². The van der Waals surface area contributed by atoms with E-state index in [0.717, 1.165) is 17.7 Å². The molecule has 2 aromatic carbocycles. The minimum absolute atomic E-state index is 0.216. The summed E-state index contributed by atoms with van der Waals surface area (Å²) < 4.78 is 28.7. The molecule has 1 aromatic heterocycles. The first-order valence-electron chi connectivity index (χ1n) is 7.34. The zero-order chi connectivity index (χ0) is 17.1.